The molecular formula is C18H15ClN4O5S. The van der Waals surface area contributed by atoms with Crippen molar-refractivity contribution in [2.75, 3.05) is 10.1 Å². The Labute approximate surface area is 171 Å². The minimum absolute atomic E-state index is 0.0243. The molecule has 0 saturated heterocycles. The third-order valence-corrected chi connectivity index (χ3v) is 5.31. The molecule has 0 amide bonds. The summed E-state index contributed by atoms with van der Waals surface area (Å²) in [4.78, 5) is 10.4. The van der Waals surface area contributed by atoms with Crippen LogP contribution in [0.3, 0.4) is 0 Å². The molecule has 150 valence electrons. The highest BCUT2D eigenvalue weighted by atomic mass is 35.5. The first kappa shape index (κ1) is 20.4. The van der Waals surface area contributed by atoms with Crippen LogP contribution in [0.4, 0.5) is 17.1 Å². The second-order valence-electron chi connectivity index (χ2n) is 5.87. The summed E-state index contributed by atoms with van der Waals surface area (Å²) in [7, 11) is -4.06. The number of sulfonamides is 1. The van der Waals surface area contributed by atoms with Crippen molar-refractivity contribution in [1.29, 1.82) is 0 Å². The van der Waals surface area contributed by atoms with E-state index in [1.54, 1.807) is 31.2 Å². The number of hydrogen-bond acceptors (Lipinski definition) is 7. The van der Waals surface area contributed by atoms with Crippen molar-refractivity contribution < 1.29 is 17.8 Å². The highest BCUT2D eigenvalue weighted by Crippen LogP contribution is 2.29. The van der Waals surface area contributed by atoms with Crippen LogP contribution >= 0.6 is 11.6 Å². The summed E-state index contributed by atoms with van der Waals surface area (Å²) in [5, 5.41) is 15.6. The third kappa shape index (κ3) is 5.12. The van der Waals surface area contributed by atoms with Gasteiger partial charge in [-0.2, -0.15) is 5.10 Å². The van der Waals surface area contributed by atoms with Gasteiger partial charge < -0.3 is 4.42 Å². The van der Waals surface area contributed by atoms with Gasteiger partial charge in [-0.1, -0.05) is 17.7 Å². The Kier molecular flexibility index (Phi) is 5.85. The molecule has 2 aromatic carbocycles. The molecule has 3 aromatic rings. The number of nitrogens with zero attached hydrogens (tertiary/aromatic N) is 2. The van der Waals surface area contributed by atoms with E-state index in [0.717, 1.165) is 6.07 Å². The van der Waals surface area contributed by atoms with Crippen molar-refractivity contribution >= 4 is 44.9 Å². The Bertz CT molecular complexity index is 1190. The van der Waals surface area contributed by atoms with E-state index in [1.807, 2.05) is 0 Å². The fraction of sp³-hybridized carbons (Fsp3) is 0.0556. The first-order chi connectivity index (χ1) is 13.7. The third-order valence-electron chi connectivity index (χ3n) is 3.69. The van der Waals surface area contributed by atoms with Gasteiger partial charge in [0, 0.05) is 11.1 Å². The average Bonchev–Trinajstić information content (AvgIpc) is 3.06. The smallest absolute Gasteiger partial charge is 0.295 e. The lowest BCUT2D eigenvalue weighted by Gasteiger charge is -2.09. The predicted molar refractivity (Wildman–Crippen MR) is 110 cm³/mol. The van der Waals surface area contributed by atoms with Crippen molar-refractivity contribution in [3.63, 3.8) is 0 Å². The molecule has 0 bridgehead atoms. The first-order valence-electron chi connectivity index (χ1n) is 8.17. The average molecular weight is 435 g/mol. The summed E-state index contributed by atoms with van der Waals surface area (Å²) < 4.78 is 32.8. The Hall–Kier alpha value is -3.37. The van der Waals surface area contributed by atoms with Crippen LogP contribution in [0.15, 0.2) is 69.0 Å². The van der Waals surface area contributed by atoms with E-state index in [4.69, 9.17) is 16.0 Å². The molecule has 11 heteroatoms. The molecule has 0 atom stereocenters. The number of nitro groups is 1. The van der Waals surface area contributed by atoms with Crippen LogP contribution < -0.4 is 10.1 Å². The number of benzene rings is 2. The Morgan fingerprint density at radius 2 is 1.97 bits per heavy atom. The molecule has 2 N–H and O–H groups in total. The summed E-state index contributed by atoms with van der Waals surface area (Å²) >= 11 is 5.85. The van der Waals surface area contributed by atoms with E-state index in [1.165, 1.54) is 30.5 Å². The number of aryl methyl sites for hydroxylation is 1. The molecule has 0 spiro atoms. The van der Waals surface area contributed by atoms with Gasteiger partial charge in [-0.3, -0.25) is 20.3 Å². The lowest BCUT2D eigenvalue weighted by Crippen LogP contribution is -2.13. The Morgan fingerprint density at radius 1 is 1.17 bits per heavy atom. The van der Waals surface area contributed by atoms with Gasteiger partial charge in [-0.15, -0.1) is 0 Å². The Morgan fingerprint density at radius 3 is 2.62 bits per heavy atom. The van der Waals surface area contributed by atoms with Gasteiger partial charge in [-0.25, -0.2) is 8.42 Å². The number of furan rings is 1. The highest BCUT2D eigenvalue weighted by Gasteiger charge is 2.21. The zero-order chi connectivity index (χ0) is 21.0. The van der Waals surface area contributed by atoms with Gasteiger partial charge in [0.1, 0.15) is 17.2 Å². The van der Waals surface area contributed by atoms with Crippen LogP contribution in [0.2, 0.25) is 5.02 Å². The number of nitro benzene ring substituents is 1. The topological polar surface area (TPSA) is 127 Å². The molecule has 9 nitrogen and oxygen atoms in total. The maximum Gasteiger partial charge on any atom is 0.295 e. The Balaban J connectivity index is 1.85. The molecule has 29 heavy (non-hydrogen) atoms. The number of nitrogens with one attached hydrogen (secondary N) is 2. The van der Waals surface area contributed by atoms with E-state index < -0.39 is 20.6 Å². The molecular weight excluding hydrogens is 420 g/mol. The van der Waals surface area contributed by atoms with Crippen LogP contribution in [0.25, 0.3) is 0 Å². The van der Waals surface area contributed by atoms with Gasteiger partial charge in [-0.05, 0) is 49.4 Å². The molecule has 1 aromatic heterocycles. The van der Waals surface area contributed by atoms with E-state index in [2.05, 4.69) is 15.2 Å². The molecule has 0 unspecified atom stereocenters. The predicted octanol–water partition coefficient (Wildman–Crippen LogP) is 4.40. The number of hydrazone groups is 1. The van der Waals surface area contributed by atoms with Crippen LogP contribution in [-0.2, 0) is 10.0 Å². The quantitative estimate of drug-likeness (QED) is 0.322. The first-order valence-corrected chi connectivity index (χ1v) is 10.0. The van der Waals surface area contributed by atoms with E-state index >= 15 is 0 Å². The van der Waals surface area contributed by atoms with Gasteiger partial charge >= 0.3 is 0 Å². The standard InChI is InChI=1S/C18H15ClN4O5S/c1-12-5-6-15(28-12)11-20-21-17-8-7-16(10-18(17)23(24)25)29(26,27)22-14-4-2-3-13(19)9-14/h2-11,21-22H,1H3/b20-11+. The van der Waals surface area contributed by atoms with Crippen molar-refractivity contribution in [3.8, 4) is 0 Å². The fourth-order valence-electron chi connectivity index (χ4n) is 2.38. The molecule has 3 rings (SSSR count). The maximum absolute atomic E-state index is 12.6. The SMILES string of the molecule is Cc1ccc(/C=N/Nc2ccc(S(=O)(=O)Nc3cccc(Cl)c3)cc2[N+](=O)[O-])o1. The van der Waals surface area contributed by atoms with E-state index in [9.17, 15) is 18.5 Å². The lowest BCUT2D eigenvalue weighted by atomic mass is 10.3. The molecule has 0 aliphatic rings. The normalized spacial score (nSPS) is 11.5. The summed E-state index contributed by atoms with van der Waals surface area (Å²) in [6.07, 6.45) is 1.35. The molecule has 0 aliphatic carbocycles. The monoisotopic (exact) mass is 434 g/mol. The summed E-state index contributed by atoms with van der Waals surface area (Å²) in [5.74, 6) is 1.15. The van der Waals surface area contributed by atoms with E-state index in [-0.39, 0.29) is 16.3 Å². The lowest BCUT2D eigenvalue weighted by molar-refractivity contribution is -0.384. The van der Waals surface area contributed by atoms with Crippen LogP contribution in [0.1, 0.15) is 11.5 Å². The fourth-order valence-corrected chi connectivity index (χ4v) is 3.64. The molecule has 0 fully saturated rings. The zero-order valence-electron chi connectivity index (χ0n) is 15.0. The van der Waals surface area contributed by atoms with Crippen molar-refractivity contribution in [3.05, 3.63) is 81.3 Å². The molecule has 0 aliphatic heterocycles. The minimum atomic E-state index is -4.06. The molecule has 0 saturated carbocycles. The molecule has 0 radical (unpaired) electrons. The van der Waals surface area contributed by atoms with Crippen molar-refractivity contribution in [2.45, 2.75) is 11.8 Å². The number of anilines is 2. The van der Waals surface area contributed by atoms with Gasteiger partial charge in [0.05, 0.1) is 21.7 Å². The van der Waals surface area contributed by atoms with Crippen LogP contribution in [-0.4, -0.2) is 19.6 Å². The maximum atomic E-state index is 12.6. The van der Waals surface area contributed by atoms with Crippen molar-refractivity contribution in [1.82, 2.24) is 0 Å². The summed E-state index contributed by atoms with van der Waals surface area (Å²) in [6.45, 7) is 1.77. The van der Waals surface area contributed by atoms with E-state index in [0.29, 0.717) is 16.5 Å². The molecule has 1 heterocycles. The second-order valence-corrected chi connectivity index (χ2v) is 7.99. The van der Waals surface area contributed by atoms with Gasteiger partial charge in [0.25, 0.3) is 15.7 Å². The highest BCUT2D eigenvalue weighted by molar-refractivity contribution is 7.92. The van der Waals surface area contributed by atoms with Crippen LogP contribution in [0, 0.1) is 17.0 Å². The van der Waals surface area contributed by atoms with Gasteiger partial charge in [0.2, 0.25) is 0 Å². The van der Waals surface area contributed by atoms with Gasteiger partial charge in [0.15, 0.2) is 0 Å². The summed E-state index contributed by atoms with van der Waals surface area (Å²) in [6, 6.07) is 13.0. The summed E-state index contributed by atoms with van der Waals surface area (Å²) in [5.41, 5.74) is 2.33. The number of rotatable bonds is 7. The number of hydrogen-bond donors (Lipinski definition) is 2. The minimum Gasteiger partial charge on any atom is -0.460 e. The zero-order valence-corrected chi connectivity index (χ0v) is 16.6. The largest absolute Gasteiger partial charge is 0.460 e. The number of halogens is 1. The second kappa shape index (κ2) is 8.33. The van der Waals surface area contributed by atoms with Crippen LogP contribution in [0.5, 0.6) is 0 Å². The van der Waals surface area contributed by atoms with Crippen molar-refractivity contribution in [2.24, 2.45) is 5.10 Å².